The fourth-order valence-corrected chi connectivity index (χ4v) is 3.66. The van der Waals surface area contributed by atoms with Crippen molar-refractivity contribution >= 4 is 11.6 Å². The Morgan fingerprint density at radius 3 is 2.81 bits per heavy atom. The van der Waals surface area contributed by atoms with Crippen LogP contribution in [0.25, 0.3) is 0 Å². The van der Waals surface area contributed by atoms with Crippen LogP contribution in [-0.4, -0.2) is 36.7 Å². The Labute approximate surface area is 153 Å². The van der Waals surface area contributed by atoms with Crippen molar-refractivity contribution in [2.24, 2.45) is 0 Å². The molecule has 2 heterocycles. The lowest BCUT2D eigenvalue weighted by molar-refractivity contribution is 0.0641. The second-order valence-electron chi connectivity index (χ2n) is 6.67. The third-order valence-electron chi connectivity index (χ3n) is 5.03. The van der Waals surface area contributed by atoms with E-state index in [2.05, 4.69) is 5.32 Å². The van der Waals surface area contributed by atoms with Crippen LogP contribution in [0, 0.1) is 0 Å². The minimum Gasteiger partial charge on any atom is -0.490 e. The molecule has 2 atom stereocenters. The number of nitrogens with one attached hydrogen (secondary N) is 1. The first kappa shape index (κ1) is 16.9. The summed E-state index contributed by atoms with van der Waals surface area (Å²) in [6, 6.07) is 15.6. The molecule has 2 unspecified atom stereocenters. The zero-order valence-corrected chi connectivity index (χ0v) is 15.0. The van der Waals surface area contributed by atoms with Gasteiger partial charge in [0.2, 0.25) is 0 Å². The monoisotopic (exact) mass is 352 g/mol. The largest absolute Gasteiger partial charge is 0.490 e. The standard InChI is InChI=1S/C21H24N2O3/c1-2-23-20(22-18-11-5-3-9-16(18)21(23)24)17-10-4-6-12-19(17)26-14-15-8-7-13-25-15/h3-6,9-12,15,20,22H,2,7-8,13-14H2,1H3. The normalized spacial score (nSPS) is 22.0. The lowest BCUT2D eigenvalue weighted by Crippen LogP contribution is -2.42. The van der Waals surface area contributed by atoms with Crippen LogP contribution in [0.5, 0.6) is 5.75 Å². The molecule has 1 saturated heterocycles. The minimum atomic E-state index is -0.247. The molecule has 2 aromatic rings. The molecule has 5 nitrogen and oxygen atoms in total. The molecule has 26 heavy (non-hydrogen) atoms. The molecule has 0 spiro atoms. The number of amides is 1. The van der Waals surface area contributed by atoms with E-state index in [1.807, 2.05) is 60.4 Å². The Morgan fingerprint density at radius 1 is 1.19 bits per heavy atom. The van der Waals surface area contributed by atoms with Crippen molar-refractivity contribution in [3.05, 3.63) is 59.7 Å². The minimum absolute atomic E-state index is 0.0424. The molecule has 1 fully saturated rings. The maximum Gasteiger partial charge on any atom is 0.257 e. The lowest BCUT2D eigenvalue weighted by Gasteiger charge is -2.38. The maximum atomic E-state index is 12.9. The zero-order chi connectivity index (χ0) is 17.9. The van der Waals surface area contributed by atoms with E-state index in [0.717, 1.165) is 36.4 Å². The topological polar surface area (TPSA) is 50.8 Å². The number of para-hydroxylation sites is 2. The van der Waals surface area contributed by atoms with E-state index in [1.165, 1.54) is 0 Å². The van der Waals surface area contributed by atoms with Crippen molar-refractivity contribution in [2.45, 2.75) is 32.0 Å². The zero-order valence-electron chi connectivity index (χ0n) is 15.0. The van der Waals surface area contributed by atoms with Gasteiger partial charge in [0.1, 0.15) is 18.5 Å². The van der Waals surface area contributed by atoms with Gasteiger partial charge in [0.15, 0.2) is 0 Å². The van der Waals surface area contributed by atoms with Crippen LogP contribution in [-0.2, 0) is 4.74 Å². The second-order valence-corrected chi connectivity index (χ2v) is 6.67. The summed E-state index contributed by atoms with van der Waals surface area (Å²) in [5.74, 6) is 0.840. The van der Waals surface area contributed by atoms with Gasteiger partial charge in [-0.2, -0.15) is 0 Å². The lowest BCUT2D eigenvalue weighted by atomic mass is 10.0. The molecule has 136 valence electrons. The summed E-state index contributed by atoms with van der Waals surface area (Å²) < 4.78 is 11.7. The average molecular weight is 352 g/mol. The molecule has 0 radical (unpaired) electrons. The molecule has 4 rings (SSSR count). The summed E-state index contributed by atoms with van der Waals surface area (Å²) >= 11 is 0. The number of carbonyl (C=O) groups is 1. The van der Waals surface area contributed by atoms with Gasteiger partial charge in [0.25, 0.3) is 5.91 Å². The highest BCUT2D eigenvalue weighted by atomic mass is 16.5. The highest BCUT2D eigenvalue weighted by molar-refractivity contribution is 6.01. The van der Waals surface area contributed by atoms with E-state index in [0.29, 0.717) is 18.7 Å². The Balaban J connectivity index is 1.62. The predicted molar refractivity (Wildman–Crippen MR) is 100 cm³/mol. The van der Waals surface area contributed by atoms with Gasteiger partial charge in [-0.05, 0) is 38.0 Å². The molecule has 1 amide bonds. The summed E-state index contributed by atoms with van der Waals surface area (Å²) in [4.78, 5) is 14.8. The molecule has 1 N–H and O–H groups in total. The predicted octanol–water partition coefficient (Wildman–Crippen LogP) is 3.83. The van der Waals surface area contributed by atoms with Gasteiger partial charge in [0.05, 0.1) is 11.7 Å². The highest BCUT2D eigenvalue weighted by Crippen LogP contribution is 2.36. The first-order chi connectivity index (χ1) is 12.8. The summed E-state index contributed by atoms with van der Waals surface area (Å²) in [6.45, 7) is 3.97. The highest BCUT2D eigenvalue weighted by Gasteiger charge is 2.33. The number of ether oxygens (including phenoxy) is 2. The van der Waals surface area contributed by atoms with Crippen LogP contribution in [0.2, 0.25) is 0 Å². The third-order valence-corrected chi connectivity index (χ3v) is 5.03. The van der Waals surface area contributed by atoms with Crippen LogP contribution in [0.3, 0.4) is 0 Å². The number of carbonyl (C=O) groups excluding carboxylic acids is 1. The fourth-order valence-electron chi connectivity index (χ4n) is 3.66. The Bertz CT molecular complexity index is 786. The van der Waals surface area contributed by atoms with Gasteiger partial charge in [-0.1, -0.05) is 30.3 Å². The van der Waals surface area contributed by atoms with Gasteiger partial charge < -0.3 is 19.7 Å². The molecule has 2 aliphatic heterocycles. The maximum absolute atomic E-state index is 12.9. The number of anilines is 1. The first-order valence-corrected chi connectivity index (χ1v) is 9.27. The molecule has 5 heteroatoms. The van der Waals surface area contributed by atoms with E-state index < -0.39 is 0 Å². The second kappa shape index (κ2) is 7.38. The fraction of sp³-hybridized carbons (Fsp3) is 0.381. The number of hydrogen-bond donors (Lipinski definition) is 1. The molecule has 0 aromatic heterocycles. The molecule has 2 aliphatic rings. The SMILES string of the molecule is CCN1C(=O)c2ccccc2NC1c1ccccc1OCC1CCCO1. The molecule has 0 bridgehead atoms. The third kappa shape index (κ3) is 3.15. The van der Waals surface area contributed by atoms with Gasteiger partial charge >= 0.3 is 0 Å². The van der Waals surface area contributed by atoms with Gasteiger partial charge in [0, 0.05) is 24.4 Å². The van der Waals surface area contributed by atoms with E-state index in [9.17, 15) is 4.79 Å². The van der Waals surface area contributed by atoms with Crippen LogP contribution >= 0.6 is 0 Å². The Morgan fingerprint density at radius 2 is 2.00 bits per heavy atom. The van der Waals surface area contributed by atoms with Crippen LogP contribution < -0.4 is 10.1 Å². The van der Waals surface area contributed by atoms with E-state index in [4.69, 9.17) is 9.47 Å². The van der Waals surface area contributed by atoms with Crippen molar-refractivity contribution in [1.82, 2.24) is 4.90 Å². The van der Waals surface area contributed by atoms with Crippen molar-refractivity contribution in [1.29, 1.82) is 0 Å². The molecular weight excluding hydrogens is 328 g/mol. The average Bonchev–Trinajstić information content (AvgIpc) is 3.20. The van der Waals surface area contributed by atoms with Crippen LogP contribution in [0.4, 0.5) is 5.69 Å². The van der Waals surface area contributed by atoms with Crippen molar-refractivity contribution in [3.63, 3.8) is 0 Å². The number of benzene rings is 2. The smallest absolute Gasteiger partial charge is 0.257 e. The van der Waals surface area contributed by atoms with Crippen LogP contribution in [0.15, 0.2) is 48.5 Å². The summed E-state index contributed by atoms with van der Waals surface area (Å²) in [5.41, 5.74) is 2.54. The molecule has 0 aliphatic carbocycles. The van der Waals surface area contributed by atoms with E-state index in [-0.39, 0.29) is 18.2 Å². The Kier molecular flexibility index (Phi) is 4.80. The van der Waals surface area contributed by atoms with Gasteiger partial charge in [-0.3, -0.25) is 4.79 Å². The van der Waals surface area contributed by atoms with E-state index in [1.54, 1.807) is 0 Å². The van der Waals surface area contributed by atoms with Crippen molar-refractivity contribution < 1.29 is 14.3 Å². The van der Waals surface area contributed by atoms with Crippen molar-refractivity contribution in [3.8, 4) is 5.75 Å². The molecular formula is C21H24N2O3. The summed E-state index contributed by atoms with van der Waals surface area (Å²) in [5, 5.41) is 3.51. The van der Waals surface area contributed by atoms with Crippen molar-refractivity contribution in [2.75, 3.05) is 25.1 Å². The first-order valence-electron chi connectivity index (χ1n) is 9.27. The molecule has 2 aromatic carbocycles. The van der Waals surface area contributed by atoms with Gasteiger partial charge in [-0.25, -0.2) is 0 Å². The summed E-state index contributed by atoms with van der Waals surface area (Å²) in [7, 11) is 0. The summed E-state index contributed by atoms with van der Waals surface area (Å²) in [6.07, 6.45) is 2.04. The van der Waals surface area contributed by atoms with E-state index >= 15 is 0 Å². The molecule has 0 saturated carbocycles. The van der Waals surface area contributed by atoms with Gasteiger partial charge in [-0.15, -0.1) is 0 Å². The number of rotatable bonds is 5. The quantitative estimate of drug-likeness (QED) is 0.888. The number of hydrogen-bond acceptors (Lipinski definition) is 4. The Hall–Kier alpha value is -2.53. The number of nitrogens with zero attached hydrogens (tertiary/aromatic N) is 1. The number of fused-ring (bicyclic) bond motifs is 1. The van der Waals surface area contributed by atoms with Crippen LogP contribution in [0.1, 0.15) is 41.9 Å².